The van der Waals surface area contributed by atoms with Gasteiger partial charge in [-0.25, -0.2) is 0 Å². The third-order valence-corrected chi connectivity index (χ3v) is 4.27. The number of fused-ring (bicyclic) bond motifs is 1. The van der Waals surface area contributed by atoms with Gasteiger partial charge in [-0.1, -0.05) is 27.7 Å². The molecule has 26 heavy (non-hydrogen) atoms. The number of hydrogen-bond acceptors (Lipinski definition) is 5. The number of aliphatic imine (C=N–C) groups is 1. The zero-order valence-corrected chi connectivity index (χ0v) is 15.6. The van der Waals surface area contributed by atoms with Crippen molar-refractivity contribution in [3.05, 3.63) is 46.8 Å². The van der Waals surface area contributed by atoms with Gasteiger partial charge in [-0.2, -0.15) is 10.4 Å². The Labute approximate surface area is 153 Å². The molecule has 1 aliphatic heterocycles. The van der Waals surface area contributed by atoms with Crippen LogP contribution in [0.5, 0.6) is 0 Å². The fourth-order valence-corrected chi connectivity index (χ4v) is 3.01. The number of amidine groups is 1. The smallest absolute Gasteiger partial charge is 0.204 e. The number of Topliss-reactive ketones (excluding diaryl/α,β-unsaturated/α-hetero) is 1. The quantitative estimate of drug-likeness (QED) is 0.919. The lowest BCUT2D eigenvalue weighted by atomic mass is 9.90. The van der Waals surface area contributed by atoms with Gasteiger partial charge in [0.2, 0.25) is 5.78 Å². The van der Waals surface area contributed by atoms with E-state index in [1.54, 1.807) is 12.1 Å². The normalized spacial score (nSPS) is 14.1. The highest BCUT2D eigenvalue weighted by Gasteiger charge is 2.31. The molecular formula is C20H23N5O. The van der Waals surface area contributed by atoms with Crippen LogP contribution in [0.4, 0.5) is 5.69 Å². The molecule has 1 aromatic carbocycles. The Morgan fingerprint density at radius 2 is 1.96 bits per heavy atom. The van der Waals surface area contributed by atoms with Crippen molar-refractivity contribution in [1.82, 2.24) is 9.78 Å². The van der Waals surface area contributed by atoms with Crippen molar-refractivity contribution >= 4 is 17.3 Å². The van der Waals surface area contributed by atoms with Gasteiger partial charge in [0.05, 0.1) is 23.0 Å². The third-order valence-electron chi connectivity index (χ3n) is 4.27. The number of carbonyl (C=O) groups excluding carboxylic acids is 1. The van der Waals surface area contributed by atoms with Gasteiger partial charge >= 0.3 is 0 Å². The number of ketones is 1. The van der Waals surface area contributed by atoms with E-state index in [0.29, 0.717) is 23.6 Å². The molecule has 0 bridgehead atoms. The summed E-state index contributed by atoms with van der Waals surface area (Å²) in [7, 11) is 0. The summed E-state index contributed by atoms with van der Waals surface area (Å²) in [5.74, 6) is 0.593. The van der Waals surface area contributed by atoms with E-state index in [4.69, 9.17) is 10.4 Å². The second-order valence-electron chi connectivity index (χ2n) is 7.45. The average molecular weight is 349 g/mol. The summed E-state index contributed by atoms with van der Waals surface area (Å²) in [6, 6.07) is 9.29. The van der Waals surface area contributed by atoms with E-state index in [-0.39, 0.29) is 17.7 Å². The van der Waals surface area contributed by atoms with E-state index in [0.717, 1.165) is 23.4 Å². The summed E-state index contributed by atoms with van der Waals surface area (Å²) in [5, 5.41) is 17.1. The van der Waals surface area contributed by atoms with Crippen LogP contribution in [-0.4, -0.2) is 27.9 Å². The van der Waals surface area contributed by atoms with Gasteiger partial charge in [-0.3, -0.25) is 14.5 Å². The average Bonchev–Trinajstić information content (AvgIpc) is 2.88. The maximum Gasteiger partial charge on any atom is 0.204 e. The van der Waals surface area contributed by atoms with Crippen molar-refractivity contribution in [2.24, 2.45) is 4.99 Å². The lowest BCUT2D eigenvalue weighted by Crippen LogP contribution is -2.19. The van der Waals surface area contributed by atoms with Crippen LogP contribution in [0.3, 0.4) is 0 Å². The topological polar surface area (TPSA) is 83.1 Å². The van der Waals surface area contributed by atoms with E-state index >= 15 is 0 Å². The van der Waals surface area contributed by atoms with Crippen molar-refractivity contribution in [2.45, 2.75) is 46.1 Å². The Balaban J connectivity index is 2.10. The van der Waals surface area contributed by atoms with Crippen LogP contribution in [-0.2, 0) is 12.0 Å². The second-order valence-corrected chi connectivity index (χ2v) is 7.45. The van der Waals surface area contributed by atoms with Gasteiger partial charge in [0.15, 0.2) is 0 Å². The van der Waals surface area contributed by atoms with Crippen LogP contribution in [0.2, 0.25) is 0 Å². The van der Waals surface area contributed by atoms with E-state index in [1.807, 2.05) is 16.8 Å². The monoisotopic (exact) mass is 349 g/mol. The highest BCUT2D eigenvalue weighted by Crippen LogP contribution is 2.33. The lowest BCUT2D eigenvalue weighted by Gasteiger charge is -2.18. The summed E-state index contributed by atoms with van der Waals surface area (Å²) >= 11 is 0. The van der Waals surface area contributed by atoms with Crippen LogP contribution >= 0.6 is 0 Å². The number of benzene rings is 1. The molecule has 1 N–H and O–H groups in total. The molecule has 2 heterocycles. The highest BCUT2D eigenvalue weighted by molar-refractivity contribution is 6.15. The number of anilines is 1. The molecule has 0 fully saturated rings. The van der Waals surface area contributed by atoms with Crippen molar-refractivity contribution in [3.8, 4) is 6.07 Å². The second kappa shape index (κ2) is 6.75. The Bertz CT molecular complexity index is 907. The molecule has 134 valence electrons. The molecule has 2 aromatic rings. The zero-order valence-electron chi connectivity index (χ0n) is 15.6. The van der Waals surface area contributed by atoms with Gasteiger partial charge in [-0.15, -0.1) is 0 Å². The minimum atomic E-state index is -0.212. The molecule has 6 nitrogen and oxygen atoms in total. The number of hydrogen-bond donors (Lipinski definition) is 1. The minimum absolute atomic E-state index is 0.0346. The number of rotatable bonds is 3. The summed E-state index contributed by atoms with van der Waals surface area (Å²) in [6.45, 7) is 9.09. The first-order valence-electron chi connectivity index (χ1n) is 8.81. The maximum atomic E-state index is 12.8. The summed E-state index contributed by atoms with van der Waals surface area (Å²) in [5.41, 5.74) is 3.42. The third kappa shape index (κ3) is 3.25. The number of carbonyl (C=O) groups is 1. The predicted octanol–water partition coefficient (Wildman–Crippen LogP) is 3.52. The van der Waals surface area contributed by atoms with Crippen LogP contribution in [0, 0.1) is 11.3 Å². The van der Waals surface area contributed by atoms with E-state index < -0.39 is 0 Å². The molecule has 0 amide bonds. The molecule has 0 atom stereocenters. The van der Waals surface area contributed by atoms with Crippen molar-refractivity contribution in [2.75, 3.05) is 11.9 Å². The molecule has 0 saturated heterocycles. The van der Waals surface area contributed by atoms with Crippen LogP contribution in [0.15, 0.2) is 29.3 Å². The molecule has 0 radical (unpaired) electrons. The largest absolute Gasteiger partial charge is 0.337 e. The lowest BCUT2D eigenvalue weighted by molar-refractivity contribution is 0.0993. The van der Waals surface area contributed by atoms with Gasteiger partial charge in [0, 0.05) is 17.5 Å². The Hall–Kier alpha value is -2.94. The maximum absolute atomic E-state index is 12.8. The fourth-order valence-electron chi connectivity index (χ4n) is 3.01. The first-order chi connectivity index (χ1) is 12.3. The van der Waals surface area contributed by atoms with E-state index in [2.05, 4.69) is 44.1 Å². The Kier molecular flexibility index (Phi) is 4.64. The van der Waals surface area contributed by atoms with E-state index in [1.165, 1.54) is 0 Å². The van der Waals surface area contributed by atoms with Gasteiger partial charge in [0.25, 0.3) is 0 Å². The fraction of sp³-hybridized carbons (Fsp3) is 0.400. The molecule has 1 aliphatic rings. The predicted molar refractivity (Wildman–Crippen MR) is 102 cm³/mol. The van der Waals surface area contributed by atoms with Gasteiger partial charge < -0.3 is 5.32 Å². The van der Waals surface area contributed by atoms with Crippen molar-refractivity contribution in [3.63, 3.8) is 0 Å². The molecule has 0 unspecified atom stereocenters. The molecule has 0 saturated carbocycles. The Morgan fingerprint density at radius 1 is 1.27 bits per heavy atom. The minimum Gasteiger partial charge on any atom is -0.337 e. The summed E-state index contributed by atoms with van der Waals surface area (Å²) in [6.07, 6.45) is 0.897. The number of nitrogens with zero attached hydrogens (tertiary/aromatic N) is 4. The molecule has 3 rings (SSSR count). The first kappa shape index (κ1) is 17.9. The van der Waals surface area contributed by atoms with Crippen LogP contribution < -0.4 is 5.32 Å². The molecule has 0 aliphatic carbocycles. The SMILES string of the molecule is CCCn1nc(C(C)(C)C)c2c1C(=O)CN=C(c1ccc(C#N)cc1)N2. The van der Waals surface area contributed by atoms with E-state index in [9.17, 15) is 4.79 Å². The first-order valence-corrected chi connectivity index (χ1v) is 8.81. The summed E-state index contributed by atoms with van der Waals surface area (Å²) < 4.78 is 1.81. The Morgan fingerprint density at radius 3 is 2.54 bits per heavy atom. The van der Waals surface area contributed by atoms with Crippen molar-refractivity contribution < 1.29 is 4.79 Å². The van der Waals surface area contributed by atoms with Crippen molar-refractivity contribution in [1.29, 1.82) is 5.26 Å². The molecular weight excluding hydrogens is 326 g/mol. The molecule has 6 heteroatoms. The van der Waals surface area contributed by atoms with Gasteiger partial charge in [0.1, 0.15) is 18.1 Å². The standard InChI is InChI=1S/C20H23N5O/c1-5-10-25-17-15(26)12-22-19(14-8-6-13(11-21)7-9-14)23-16(17)18(24-25)20(2,3)4/h6-9H,5,10,12H2,1-4H3,(H,22,23). The van der Waals surface area contributed by atoms with Crippen LogP contribution in [0.1, 0.15) is 61.4 Å². The number of nitrogens with one attached hydrogen (secondary N) is 1. The molecule has 0 spiro atoms. The number of aryl methyl sites for hydroxylation is 1. The zero-order chi connectivity index (χ0) is 18.9. The number of nitriles is 1. The number of aromatic nitrogens is 2. The molecule has 1 aromatic heterocycles. The van der Waals surface area contributed by atoms with Crippen LogP contribution in [0.25, 0.3) is 0 Å². The highest BCUT2D eigenvalue weighted by atomic mass is 16.1. The van der Waals surface area contributed by atoms with Gasteiger partial charge in [-0.05, 0) is 30.7 Å². The summed E-state index contributed by atoms with van der Waals surface area (Å²) in [4.78, 5) is 17.2.